The largest absolute Gasteiger partial charge is 0.481 e. The lowest BCUT2D eigenvalue weighted by Gasteiger charge is -2.10. The molecule has 1 aliphatic carbocycles. The third-order valence-corrected chi connectivity index (χ3v) is 3.17. The average molecular weight is 207 g/mol. The molecule has 0 aromatic rings. The molecule has 0 radical (unpaired) electrons. The van der Waals surface area contributed by atoms with Gasteiger partial charge in [0.15, 0.2) is 0 Å². The molecular weight excluding hydrogens is 186 g/mol. The summed E-state index contributed by atoms with van der Waals surface area (Å²) in [6.45, 7) is 0.685. The van der Waals surface area contributed by atoms with Crippen LogP contribution >= 0.6 is 0 Å². The first-order chi connectivity index (χ1) is 7.47. The minimum Gasteiger partial charge on any atom is -0.481 e. The topological polar surface area (TPSA) is 21.3 Å². The van der Waals surface area contributed by atoms with Gasteiger partial charge < -0.3 is 4.74 Å². The van der Waals surface area contributed by atoms with Gasteiger partial charge in [0.1, 0.15) is 12.5 Å². The molecule has 84 valence electrons. The molecule has 0 amide bonds. The Morgan fingerprint density at radius 2 is 2.00 bits per heavy atom. The van der Waals surface area contributed by atoms with Crippen LogP contribution in [0.2, 0.25) is 0 Å². The molecule has 1 saturated heterocycles. The predicted octanol–water partition coefficient (Wildman–Crippen LogP) is 3.12. The monoisotopic (exact) mass is 207 g/mol. The van der Waals surface area contributed by atoms with Crippen LogP contribution in [0.15, 0.2) is 24.0 Å². The Balaban J connectivity index is 1.95. The Kier molecular flexibility index (Phi) is 4.27. The van der Waals surface area contributed by atoms with Gasteiger partial charge in [-0.25, -0.2) is 0 Å². The fourth-order valence-electron chi connectivity index (χ4n) is 2.24. The van der Waals surface area contributed by atoms with Crippen molar-refractivity contribution in [2.75, 3.05) is 6.73 Å². The van der Waals surface area contributed by atoms with Crippen LogP contribution in [0.5, 0.6) is 0 Å². The number of ether oxygens (including phenoxy) is 1. The molecule has 1 heterocycles. The molecule has 2 heteroatoms. The zero-order chi connectivity index (χ0) is 10.3. The molecule has 1 atom stereocenters. The molecule has 0 aromatic carbocycles. The Morgan fingerprint density at radius 3 is 3.00 bits per heavy atom. The molecule has 0 saturated carbocycles. The smallest absolute Gasteiger partial charge is 0.139 e. The minimum atomic E-state index is 0.467. The minimum absolute atomic E-state index is 0.467. The highest BCUT2D eigenvalue weighted by Gasteiger charge is 2.20. The normalized spacial score (nSPS) is 28.3. The summed E-state index contributed by atoms with van der Waals surface area (Å²) in [5.41, 5.74) is 0. The van der Waals surface area contributed by atoms with Gasteiger partial charge in [-0.15, -0.1) is 0 Å². The van der Waals surface area contributed by atoms with Crippen LogP contribution in [0.1, 0.15) is 44.9 Å². The molecule has 1 N–H and O–H groups in total. The van der Waals surface area contributed by atoms with Gasteiger partial charge in [-0.1, -0.05) is 37.8 Å². The van der Waals surface area contributed by atoms with E-state index in [1.165, 1.54) is 44.9 Å². The molecule has 2 rings (SSSR count). The van der Waals surface area contributed by atoms with E-state index in [0.717, 1.165) is 5.76 Å². The summed E-state index contributed by atoms with van der Waals surface area (Å²) < 4.78 is 5.56. The van der Waals surface area contributed by atoms with E-state index in [-0.39, 0.29) is 0 Å². The molecule has 2 aliphatic rings. The lowest BCUT2D eigenvalue weighted by Crippen LogP contribution is -2.22. The van der Waals surface area contributed by atoms with E-state index in [1.54, 1.807) is 0 Å². The van der Waals surface area contributed by atoms with Crippen molar-refractivity contribution in [2.24, 2.45) is 0 Å². The highest BCUT2D eigenvalue weighted by Crippen LogP contribution is 2.19. The first-order valence-corrected chi connectivity index (χ1v) is 6.20. The van der Waals surface area contributed by atoms with Crippen molar-refractivity contribution in [1.82, 2.24) is 5.32 Å². The van der Waals surface area contributed by atoms with Crippen molar-refractivity contribution in [2.45, 2.75) is 51.0 Å². The fraction of sp³-hybridized carbons (Fsp3) is 0.692. The van der Waals surface area contributed by atoms with Crippen molar-refractivity contribution < 1.29 is 4.74 Å². The second kappa shape index (κ2) is 5.96. The van der Waals surface area contributed by atoms with Crippen LogP contribution in [0.25, 0.3) is 0 Å². The Bertz CT molecular complexity index is 245. The average Bonchev–Trinajstić information content (AvgIpc) is 2.65. The van der Waals surface area contributed by atoms with Crippen LogP contribution < -0.4 is 5.32 Å². The Morgan fingerprint density at radius 1 is 1.13 bits per heavy atom. The fourth-order valence-corrected chi connectivity index (χ4v) is 2.24. The number of hydrogen-bond donors (Lipinski definition) is 1. The number of hydrogen-bond acceptors (Lipinski definition) is 2. The van der Waals surface area contributed by atoms with Crippen molar-refractivity contribution in [3.05, 3.63) is 24.0 Å². The lowest BCUT2D eigenvalue weighted by molar-refractivity contribution is 0.253. The molecule has 1 aliphatic heterocycles. The van der Waals surface area contributed by atoms with E-state index >= 15 is 0 Å². The summed E-state index contributed by atoms with van der Waals surface area (Å²) in [7, 11) is 0. The second-order valence-corrected chi connectivity index (χ2v) is 4.39. The van der Waals surface area contributed by atoms with Gasteiger partial charge >= 0.3 is 0 Å². The van der Waals surface area contributed by atoms with Crippen molar-refractivity contribution in [1.29, 1.82) is 0 Å². The summed E-state index contributed by atoms with van der Waals surface area (Å²) in [6, 6.07) is 0.467. The Hall–Kier alpha value is -0.760. The van der Waals surface area contributed by atoms with E-state index in [2.05, 4.69) is 23.5 Å². The third kappa shape index (κ3) is 3.38. The number of rotatable bonds is 0. The van der Waals surface area contributed by atoms with E-state index in [4.69, 9.17) is 4.74 Å². The standard InChI is InChI=1S/C13H21NO/c1-2-4-6-8-10-13-12(14-11-15-13)9-7-5-3-1/h6,8,10,12,14H,1-5,7,9,11H2. The van der Waals surface area contributed by atoms with Crippen LogP contribution in [0, 0.1) is 0 Å². The van der Waals surface area contributed by atoms with Crippen molar-refractivity contribution in [3.63, 3.8) is 0 Å². The molecule has 2 nitrogen and oxygen atoms in total. The number of nitrogens with one attached hydrogen (secondary N) is 1. The number of fused-ring (bicyclic) bond motifs is 1. The molecule has 0 aromatic heterocycles. The molecular formula is C13H21NO. The van der Waals surface area contributed by atoms with E-state index in [9.17, 15) is 0 Å². The maximum Gasteiger partial charge on any atom is 0.139 e. The highest BCUT2D eigenvalue weighted by atomic mass is 16.5. The van der Waals surface area contributed by atoms with Gasteiger partial charge in [-0.2, -0.15) is 0 Å². The van der Waals surface area contributed by atoms with Crippen LogP contribution in [-0.2, 0) is 4.74 Å². The van der Waals surface area contributed by atoms with Crippen molar-refractivity contribution in [3.8, 4) is 0 Å². The molecule has 15 heavy (non-hydrogen) atoms. The summed E-state index contributed by atoms with van der Waals surface area (Å²) in [5, 5.41) is 3.39. The first-order valence-electron chi connectivity index (χ1n) is 6.20. The molecule has 0 bridgehead atoms. The van der Waals surface area contributed by atoms with Crippen LogP contribution in [0.4, 0.5) is 0 Å². The zero-order valence-corrected chi connectivity index (χ0v) is 9.37. The molecule has 1 fully saturated rings. The lowest BCUT2D eigenvalue weighted by atomic mass is 10.0. The maximum absolute atomic E-state index is 5.56. The van der Waals surface area contributed by atoms with Gasteiger partial charge in [0.2, 0.25) is 0 Å². The summed E-state index contributed by atoms with van der Waals surface area (Å²) in [5.74, 6) is 1.13. The van der Waals surface area contributed by atoms with Crippen LogP contribution in [0.3, 0.4) is 0 Å². The van der Waals surface area contributed by atoms with Gasteiger partial charge in [0.25, 0.3) is 0 Å². The van der Waals surface area contributed by atoms with E-state index < -0.39 is 0 Å². The van der Waals surface area contributed by atoms with Gasteiger partial charge in [0.05, 0.1) is 6.04 Å². The molecule has 1 unspecified atom stereocenters. The zero-order valence-electron chi connectivity index (χ0n) is 9.37. The van der Waals surface area contributed by atoms with Crippen molar-refractivity contribution >= 4 is 0 Å². The predicted molar refractivity (Wildman–Crippen MR) is 62.4 cm³/mol. The third-order valence-electron chi connectivity index (χ3n) is 3.17. The summed E-state index contributed by atoms with van der Waals surface area (Å²) in [6.07, 6.45) is 15.8. The highest BCUT2D eigenvalue weighted by molar-refractivity contribution is 5.14. The van der Waals surface area contributed by atoms with E-state index in [0.29, 0.717) is 12.8 Å². The second-order valence-electron chi connectivity index (χ2n) is 4.39. The maximum atomic E-state index is 5.56. The van der Waals surface area contributed by atoms with Gasteiger partial charge in [-0.3, -0.25) is 5.32 Å². The van der Waals surface area contributed by atoms with E-state index in [1.807, 2.05) is 0 Å². The summed E-state index contributed by atoms with van der Waals surface area (Å²) in [4.78, 5) is 0. The SMILES string of the molecule is C1=CCCCCCCCC2NCOC2=C1. The first kappa shape index (κ1) is 10.7. The quantitative estimate of drug-likeness (QED) is 0.659. The Labute approximate surface area is 92.4 Å². The number of allylic oxidation sites excluding steroid dienone is 3. The summed E-state index contributed by atoms with van der Waals surface area (Å²) >= 11 is 0. The van der Waals surface area contributed by atoms with Crippen LogP contribution in [-0.4, -0.2) is 12.8 Å². The van der Waals surface area contributed by atoms with Gasteiger partial charge in [-0.05, 0) is 25.3 Å². The van der Waals surface area contributed by atoms with Gasteiger partial charge in [0, 0.05) is 0 Å². The molecule has 0 spiro atoms.